The zero-order chi connectivity index (χ0) is 13.1. The number of carboxylic acid groups (broad SMARTS) is 1. The van der Waals surface area contributed by atoms with Gasteiger partial charge in [0.1, 0.15) is 11.6 Å². The predicted octanol–water partition coefficient (Wildman–Crippen LogP) is 3.47. The zero-order valence-corrected chi connectivity index (χ0v) is 10.5. The van der Waals surface area contributed by atoms with Crippen LogP contribution in [0.25, 0.3) is 0 Å². The number of hydrogen-bond acceptors (Lipinski definition) is 3. The van der Waals surface area contributed by atoms with Crippen LogP contribution in [0.1, 0.15) is 10.4 Å². The molecule has 0 saturated heterocycles. The molecule has 18 heavy (non-hydrogen) atoms. The molecule has 0 radical (unpaired) electrons. The van der Waals surface area contributed by atoms with E-state index in [0.29, 0.717) is 5.75 Å². The summed E-state index contributed by atoms with van der Waals surface area (Å²) in [6.07, 6.45) is 1.33. The summed E-state index contributed by atoms with van der Waals surface area (Å²) < 4.78 is 18.6. The average Bonchev–Trinajstić information content (AvgIpc) is 2.34. The standard InChI is InChI=1S/C12H7BrFNO3/c13-9-6-8(1-2-10(9)14)18-11-5-7(12(16)17)3-4-15-11/h1-6H,(H,16,17). The fourth-order valence-electron chi connectivity index (χ4n) is 1.26. The quantitative estimate of drug-likeness (QED) is 0.943. The summed E-state index contributed by atoms with van der Waals surface area (Å²) in [4.78, 5) is 14.6. The summed E-state index contributed by atoms with van der Waals surface area (Å²) in [5.74, 6) is -0.983. The summed E-state index contributed by atoms with van der Waals surface area (Å²) in [6.45, 7) is 0. The second-order valence-electron chi connectivity index (χ2n) is 3.37. The Labute approximate surface area is 110 Å². The van der Waals surface area contributed by atoms with Gasteiger partial charge in [0.15, 0.2) is 0 Å². The normalized spacial score (nSPS) is 10.1. The van der Waals surface area contributed by atoms with Crippen LogP contribution in [0.5, 0.6) is 11.6 Å². The van der Waals surface area contributed by atoms with Crippen LogP contribution >= 0.6 is 15.9 Å². The van der Waals surface area contributed by atoms with E-state index in [0.717, 1.165) is 0 Å². The van der Waals surface area contributed by atoms with Gasteiger partial charge in [-0.1, -0.05) is 0 Å². The molecule has 0 bridgehead atoms. The Kier molecular flexibility index (Phi) is 3.57. The van der Waals surface area contributed by atoms with Crippen molar-refractivity contribution < 1.29 is 19.0 Å². The number of rotatable bonds is 3. The van der Waals surface area contributed by atoms with Crippen molar-refractivity contribution in [3.05, 3.63) is 52.4 Å². The number of aromatic nitrogens is 1. The van der Waals surface area contributed by atoms with Crippen LogP contribution in [0.2, 0.25) is 0 Å². The summed E-state index contributed by atoms with van der Waals surface area (Å²) in [5.41, 5.74) is 0.0705. The molecule has 1 heterocycles. The molecule has 0 aliphatic heterocycles. The van der Waals surface area contributed by atoms with E-state index in [-0.39, 0.29) is 15.9 Å². The summed E-state index contributed by atoms with van der Waals surface area (Å²) in [7, 11) is 0. The molecule has 1 N–H and O–H groups in total. The molecule has 0 amide bonds. The maximum atomic E-state index is 13.0. The van der Waals surface area contributed by atoms with Gasteiger partial charge in [0.25, 0.3) is 0 Å². The monoisotopic (exact) mass is 311 g/mol. The lowest BCUT2D eigenvalue weighted by atomic mass is 10.3. The van der Waals surface area contributed by atoms with Crippen molar-refractivity contribution in [2.45, 2.75) is 0 Å². The molecule has 2 rings (SSSR count). The number of pyridine rings is 1. The minimum atomic E-state index is -1.07. The van der Waals surface area contributed by atoms with Crippen LogP contribution in [0.3, 0.4) is 0 Å². The van der Waals surface area contributed by atoms with E-state index >= 15 is 0 Å². The van der Waals surface area contributed by atoms with Gasteiger partial charge in [0, 0.05) is 12.3 Å². The lowest BCUT2D eigenvalue weighted by Crippen LogP contribution is -1.97. The Morgan fingerprint density at radius 1 is 1.33 bits per heavy atom. The van der Waals surface area contributed by atoms with E-state index in [4.69, 9.17) is 9.84 Å². The third kappa shape index (κ3) is 2.84. The molecule has 1 aromatic heterocycles. The van der Waals surface area contributed by atoms with Gasteiger partial charge < -0.3 is 9.84 Å². The van der Waals surface area contributed by atoms with E-state index in [9.17, 15) is 9.18 Å². The molecule has 2 aromatic rings. The van der Waals surface area contributed by atoms with Crippen molar-refractivity contribution >= 4 is 21.9 Å². The molecule has 0 atom stereocenters. The minimum absolute atomic E-state index is 0.0705. The number of carboxylic acids is 1. The minimum Gasteiger partial charge on any atom is -0.478 e. The van der Waals surface area contributed by atoms with Gasteiger partial charge in [-0.25, -0.2) is 14.2 Å². The van der Waals surface area contributed by atoms with Crippen LogP contribution < -0.4 is 4.74 Å². The van der Waals surface area contributed by atoms with Crippen molar-refractivity contribution in [1.29, 1.82) is 0 Å². The first kappa shape index (κ1) is 12.5. The van der Waals surface area contributed by atoms with E-state index in [1.54, 1.807) is 0 Å². The Hall–Kier alpha value is -1.95. The highest BCUT2D eigenvalue weighted by molar-refractivity contribution is 9.10. The van der Waals surface area contributed by atoms with Crippen LogP contribution in [0.4, 0.5) is 4.39 Å². The van der Waals surface area contributed by atoms with Crippen LogP contribution in [-0.2, 0) is 0 Å². The van der Waals surface area contributed by atoms with Crippen molar-refractivity contribution in [3.8, 4) is 11.6 Å². The van der Waals surface area contributed by atoms with E-state index < -0.39 is 11.8 Å². The Morgan fingerprint density at radius 3 is 2.78 bits per heavy atom. The first-order chi connectivity index (χ1) is 8.56. The lowest BCUT2D eigenvalue weighted by molar-refractivity contribution is 0.0696. The molecular weight excluding hydrogens is 305 g/mol. The van der Waals surface area contributed by atoms with Crippen molar-refractivity contribution in [2.24, 2.45) is 0 Å². The van der Waals surface area contributed by atoms with E-state index in [2.05, 4.69) is 20.9 Å². The molecule has 4 nitrogen and oxygen atoms in total. The molecule has 6 heteroatoms. The van der Waals surface area contributed by atoms with Gasteiger partial charge in [0.2, 0.25) is 5.88 Å². The number of ether oxygens (including phenoxy) is 1. The topological polar surface area (TPSA) is 59.4 Å². The van der Waals surface area contributed by atoms with Gasteiger partial charge in [-0.15, -0.1) is 0 Å². The molecule has 0 fully saturated rings. The van der Waals surface area contributed by atoms with Gasteiger partial charge in [-0.2, -0.15) is 0 Å². The van der Waals surface area contributed by atoms with Crippen molar-refractivity contribution in [3.63, 3.8) is 0 Å². The molecular formula is C12H7BrFNO3. The third-order valence-corrected chi connectivity index (χ3v) is 2.70. The molecule has 0 spiro atoms. The lowest BCUT2D eigenvalue weighted by Gasteiger charge is -2.05. The Bertz CT molecular complexity index is 604. The summed E-state index contributed by atoms with van der Waals surface area (Å²) in [6, 6.07) is 6.75. The first-order valence-corrected chi connectivity index (χ1v) is 5.68. The molecule has 0 unspecified atom stereocenters. The molecule has 1 aromatic carbocycles. The van der Waals surface area contributed by atoms with E-state index in [1.165, 1.54) is 36.5 Å². The van der Waals surface area contributed by atoms with Gasteiger partial charge in [0.05, 0.1) is 10.0 Å². The van der Waals surface area contributed by atoms with Gasteiger partial charge >= 0.3 is 5.97 Å². The van der Waals surface area contributed by atoms with Crippen molar-refractivity contribution in [1.82, 2.24) is 4.98 Å². The Balaban J connectivity index is 2.25. The highest BCUT2D eigenvalue weighted by Crippen LogP contribution is 2.25. The predicted molar refractivity (Wildman–Crippen MR) is 65.4 cm³/mol. The van der Waals surface area contributed by atoms with E-state index in [1.807, 2.05) is 0 Å². The Morgan fingerprint density at radius 2 is 2.11 bits per heavy atom. The summed E-state index contributed by atoms with van der Waals surface area (Å²) in [5, 5.41) is 8.82. The zero-order valence-electron chi connectivity index (χ0n) is 8.93. The second-order valence-corrected chi connectivity index (χ2v) is 4.22. The number of benzene rings is 1. The molecule has 0 saturated carbocycles. The number of carbonyl (C=O) groups is 1. The molecule has 0 aliphatic rings. The third-order valence-electron chi connectivity index (χ3n) is 2.10. The average molecular weight is 312 g/mol. The maximum absolute atomic E-state index is 13.0. The van der Waals surface area contributed by atoms with Crippen LogP contribution in [0, 0.1) is 5.82 Å². The fourth-order valence-corrected chi connectivity index (χ4v) is 1.62. The van der Waals surface area contributed by atoms with Crippen LogP contribution in [-0.4, -0.2) is 16.1 Å². The fraction of sp³-hybridized carbons (Fsp3) is 0. The van der Waals surface area contributed by atoms with Crippen molar-refractivity contribution in [2.75, 3.05) is 0 Å². The maximum Gasteiger partial charge on any atom is 0.335 e. The smallest absolute Gasteiger partial charge is 0.335 e. The first-order valence-electron chi connectivity index (χ1n) is 4.88. The van der Waals surface area contributed by atoms with Gasteiger partial charge in [-0.3, -0.25) is 0 Å². The molecule has 0 aliphatic carbocycles. The van der Waals surface area contributed by atoms with Gasteiger partial charge in [-0.05, 0) is 40.2 Å². The highest BCUT2D eigenvalue weighted by atomic mass is 79.9. The second kappa shape index (κ2) is 5.14. The number of halogens is 2. The number of hydrogen-bond donors (Lipinski definition) is 1. The number of nitrogens with zero attached hydrogens (tertiary/aromatic N) is 1. The summed E-state index contributed by atoms with van der Waals surface area (Å²) >= 11 is 3.03. The number of aromatic carboxylic acids is 1. The molecule has 92 valence electrons. The highest BCUT2D eigenvalue weighted by Gasteiger charge is 2.07. The van der Waals surface area contributed by atoms with Crippen LogP contribution in [0.15, 0.2) is 41.0 Å². The SMILES string of the molecule is O=C(O)c1ccnc(Oc2ccc(F)c(Br)c2)c1. The largest absolute Gasteiger partial charge is 0.478 e.